The van der Waals surface area contributed by atoms with Gasteiger partial charge in [-0.3, -0.25) is 14.6 Å². The van der Waals surface area contributed by atoms with Crippen molar-refractivity contribution >= 4 is 17.5 Å². The fraction of sp³-hybridized carbons (Fsp3) is 0.0345. The van der Waals surface area contributed by atoms with Crippen LogP contribution in [0.2, 0.25) is 0 Å². The van der Waals surface area contributed by atoms with E-state index in [-0.39, 0.29) is 29.7 Å². The second kappa shape index (κ2) is 10.7. The van der Waals surface area contributed by atoms with E-state index in [9.17, 15) is 14.0 Å². The second-order valence-corrected chi connectivity index (χ2v) is 8.09. The first-order chi connectivity index (χ1) is 18.1. The average Bonchev–Trinajstić information content (AvgIpc) is 3.43. The van der Waals surface area contributed by atoms with Crippen molar-refractivity contribution in [1.82, 2.24) is 15.3 Å². The van der Waals surface area contributed by atoms with Crippen LogP contribution in [0.5, 0.6) is 0 Å². The van der Waals surface area contributed by atoms with Crippen LogP contribution in [-0.2, 0) is 6.54 Å². The van der Waals surface area contributed by atoms with Crippen LogP contribution in [0, 0.1) is 5.82 Å². The van der Waals surface area contributed by atoms with Gasteiger partial charge >= 0.3 is 0 Å². The van der Waals surface area contributed by atoms with E-state index in [1.165, 1.54) is 12.3 Å². The lowest BCUT2D eigenvalue weighted by Gasteiger charge is -2.10. The largest absolute Gasteiger partial charge is 0.436 e. The van der Waals surface area contributed by atoms with Crippen molar-refractivity contribution in [2.75, 3.05) is 5.32 Å². The number of nitrogens with one attached hydrogen (secondary N) is 2. The Hall–Kier alpha value is -5.11. The fourth-order valence-electron chi connectivity index (χ4n) is 3.76. The number of benzene rings is 3. The highest BCUT2D eigenvalue weighted by Gasteiger charge is 2.18. The Morgan fingerprint density at radius 3 is 2.41 bits per heavy atom. The molecule has 7 nitrogen and oxygen atoms in total. The fourth-order valence-corrected chi connectivity index (χ4v) is 3.76. The normalized spacial score (nSPS) is 10.6. The molecule has 0 bridgehead atoms. The van der Waals surface area contributed by atoms with Gasteiger partial charge in [0.15, 0.2) is 5.76 Å². The second-order valence-electron chi connectivity index (χ2n) is 8.09. The number of rotatable bonds is 7. The molecular formula is C29H21FN4O3. The Labute approximate surface area is 212 Å². The minimum Gasteiger partial charge on any atom is -0.436 e. The van der Waals surface area contributed by atoms with Gasteiger partial charge in [0.25, 0.3) is 11.8 Å². The summed E-state index contributed by atoms with van der Waals surface area (Å²) < 4.78 is 20.0. The van der Waals surface area contributed by atoms with Crippen LogP contribution in [-0.4, -0.2) is 21.8 Å². The van der Waals surface area contributed by atoms with Crippen LogP contribution in [0.25, 0.3) is 22.8 Å². The van der Waals surface area contributed by atoms with Crippen molar-refractivity contribution in [1.29, 1.82) is 0 Å². The van der Waals surface area contributed by atoms with Crippen LogP contribution in [0.1, 0.15) is 26.4 Å². The Kier molecular flexibility index (Phi) is 6.80. The summed E-state index contributed by atoms with van der Waals surface area (Å²) >= 11 is 0. The van der Waals surface area contributed by atoms with Gasteiger partial charge in [0.2, 0.25) is 5.89 Å². The third kappa shape index (κ3) is 5.43. The van der Waals surface area contributed by atoms with Crippen molar-refractivity contribution in [3.8, 4) is 22.8 Å². The maximum Gasteiger partial charge on any atom is 0.256 e. The zero-order chi connectivity index (χ0) is 25.6. The van der Waals surface area contributed by atoms with Gasteiger partial charge in [-0.2, -0.15) is 0 Å². The predicted octanol–water partition coefficient (Wildman–Crippen LogP) is 5.73. The molecule has 0 fully saturated rings. The molecule has 0 saturated heterocycles. The average molecular weight is 493 g/mol. The molecular weight excluding hydrogens is 471 g/mol. The topological polar surface area (TPSA) is 97.1 Å². The molecule has 0 aliphatic rings. The number of halogens is 1. The molecule has 2 N–H and O–H groups in total. The SMILES string of the molecule is O=C(NCc1ccccn1)c1cccc(NC(=O)c2ccccc2-c2ncc(-c3ccccc3F)o2)c1. The van der Waals surface area contributed by atoms with Gasteiger partial charge in [-0.15, -0.1) is 0 Å². The summed E-state index contributed by atoms with van der Waals surface area (Å²) in [5.74, 6) is -0.686. The zero-order valence-corrected chi connectivity index (χ0v) is 19.5. The summed E-state index contributed by atoms with van der Waals surface area (Å²) in [4.78, 5) is 34.2. The standard InChI is InChI=1S/C29H21FN4O3/c30-25-14-4-3-13-24(25)26-18-33-29(37-26)23-12-2-1-11-22(23)28(36)34-20-10-7-8-19(16-20)27(35)32-17-21-9-5-6-15-31-21/h1-16,18H,17H2,(H,32,35)(H,34,36). The van der Waals surface area contributed by atoms with Gasteiger partial charge < -0.3 is 15.1 Å². The Morgan fingerprint density at radius 2 is 1.59 bits per heavy atom. The summed E-state index contributed by atoms with van der Waals surface area (Å²) in [6.45, 7) is 0.286. The van der Waals surface area contributed by atoms with Gasteiger partial charge in [0, 0.05) is 23.0 Å². The lowest BCUT2D eigenvalue weighted by atomic mass is 10.1. The molecule has 182 valence electrons. The number of aromatic nitrogens is 2. The highest BCUT2D eigenvalue weighted by Crippen LogP contribution is 2.30. The highest BCUT2D eigenvalue weighted by atomic mass is 19.1. The van der Waals surface area contributed by atoms with Gasteiger partial charge in [-0.05, 0) is 54.6 Å². The van der Waals surface area contributed by atoms with Crippen molar-refractivity contribution in [3.05, 3.63) is 126 Å². The van der Waals surface area contributed by atoms with Gasteiger partial charge in [-0.1, -0.05) is 36.4 Å². The summed E-state index contributed by atoms with van der Waals surface area (Å²) in [6.07, 6.45) is 3.09. The maximum atomic E-state index is 14.2. The molecule has 0 atom stereocenters. The molecule has 8 heteroatoms. The van der Waals surface area contributed by atoms with E-state index in [0.29, 0.717) is 22.4 Å². The molecule has 0 saturated carbocycles. The van der Waals surface area contributed by atoms with E-state index in [1.54, 1.807) is 79.0 Å². The third-order valence-electron chi connectivity index (χ3n) is 5.59. The van der Waals surface area contributed by atoms with E-state index >= 15 is 0 Å². The van der Waals surface area contributed by atoms with Crippen molar-refractivity contribution in [2.24, 2.45) is 0 Å². The summed E-state index contributed by atoms with van der Waals surface area (Å²) in [5.41, 5.74) is 2.62. The minimum atomic E-state index is -0.430. The van der Waals surface area contributed by atoms with E-state index in [1.807, 2.05) is 12.1 Å². The number of amides is 2. The number of carbonyl (C=O) groups excluding carboxylic acids is 2. The molecule has 2 heterocycles. The van der Waals surface area contributed by atoms with E-state index < -0.39 is 11.7 Å². The maximum absolute atomic E-state index is 14.2. The molecule has 0 aliphatic carbocycles. The number of carbonyl (C=O) groups is 2. The summed E-state index contributed by atoms with van der Waals surface area (Å²) in [7, 11) is 0. The summed E-state index contributed by atoms with van der Waals surface area (Å²) in [5, 5.41) is 5.64. The van der Waals surface area contributed by atoms with Gasteiger partial charge in [-0.25, -0.2) is 9.37 Å². The monoisotopic (exact) mass is 492 g/mol. The molecule has 2 amide bonds. The third-order valence-corrected chi connectivity index (χ3v) is 5.59. The van der Waals surface area contributed by atoms with Crippen molar-refractivity contribution < 1.29 is 18.4 Å². The van der Waals surface area contributed by atoms with Crippen LogP contribution in [0.3, 0.4) is 0 Å². The highest BCUT2D eigenvalue weighted by molar-refractivity contribution is 6.08. The molecule has 3 aromatic carbocycles. The molecule has 37 heavy (non-hydrogen) atoms. The Bertz CT molecular complexity index is 1570. The molecule has 0 radical (unpaired) electrons. The van der Waals surface area contributed by atoms with E-state index in [4.69, 9.17) is 4.42 Å². The Balaban J connectivity index is 1.33. The van der Waals surface area contributed by atoms with E-state index in [0.717, 1.165) is 5.69 Å². The molecule has 2 aromatic heterocycles. The predicted molar refractivity (Wildman–Crippen MR) is 137 cm³/mol. The van der Waals surface area contributed by atoms with Crippen molar-refractivity contribution in [3.63, 3.8) is 0 Å². The lowest BCUT2D eigenvalue weighted by molar-refractivity contribution is 0.0949. The lowest BCUT2D eigenvalue weighted by Crippen LogP contribution is -2.23. The van der Waals surface area contributed by atoms with Gasteiger partial charge in [0.1, 0.15) is 5.82 Å². The number of nitrogens with zero attached hydrogens (tertiary/aromatic N) is 2. The number of anilines is 1. The van der Waals surface area contributed by atoms with Crippen molar-refractivity contribution in [2.45, 2.75) is 6.54 Å². The van der Waals surface area contributed by atoms with Gasteiger partial charge in [0.05, 0.1) is 29.6 Å². The van der Waals surface area contributed by atoms with Crippen LogP contribution in [0.4, 0.5) is 10.1 Å². The van der Waals surface area contributed by atoms with Crippen LogP contribution in [0.15, 0.2) is 108 Å². The molecule has 0 spiro atoms. The molecule has 0 aliphatic heterocycles. The van der Waals surface area contributed by atoms with Crippen LogP contribution >= 0.6 is 0 Å². The quantitative estimate of drug-likeness (QED) is 0.303. The Morgan fingerprint density at radius 1 is 0.811 bits per heavy atom. The van der Waals surface area contributed by atoms with Crippen LogP contribution < -0.4 is 10.6 Å². The number of hydrogen-bond donors (Lipinski definition) is 2. The first-order valence-electron chi connectivity index (χ1n) is 11.5. The first-order valence-corrected chi connectivity index (χ1v) is 11.5. The first kappa shape index (κ1) is 23.6. The zero-order valence-electron chi connectivity index (χ0n) is 19.5. The number of oxazole rings is 1. The van der Waals surface area contributed by atoms with E-state index in [2.05, 4.69) is 20.6 Å². The molecule has 5 aromatic rings. The smallest absolute Gasteiger partial charge is 0.256 e. The number of hydrogen-bond acceptors (Lipinski definition) is 5. The molecule has 0 unspecified atom stereocenters. The minimum absolute atomic E-state index is 0.187. The molecule has 5 rings (SSSR count). The number of pyridine rings is 1. The summed E-state index contributed by atoms with van der Waals surface area (Å²) in [6, 6.07) is 25.2.